The van der Waals surface area contributed by atoms with Gasteiger partial charge in [0.05, 0.1) is 0 Å². The van der Waals surface area contributed by atoms with Crippen molar-refractivity contribution in [2.24, 2.45) is 0 Å². The Labute approximate surface area is 47.7 Å². The van der Waals surface area contributed by atoms with E-state index in [1.54, 1.807) is 0 Å². The second-order valence-electron chi connectivity index (χ2n) is 0. The Hall–Kier alpha value is 1.03. The number of hydrogen-bond donors (Lipinski definition) is 0. The van der Waals surface area contributed by atoms with E-state index in [2.05, 4.69) is 0 Å². The molecule has 0 aromatic rings. The van der Waals surface area contributed by atoms with Gasteiger partial charge in [0, 0.05) is 0 Å². The van der Waals surface area contributed by atoms with Gasteiger partial charge in [0.25, 0.3) is 0 Å². The molecule has 0 aliphatic rings. The Balaban J connectivity index is 0. The third-order valence-electron chi connectivity index (χ3n) is 0. The van der Waals surface area contributed by atoms with Crippen LogP contribution in [0, 0.1) is 0 Å². The molecule has 0 aliphatic carbocycles. The molecule has 2 nitrogen and oxygen atoms in total. The molecular weight excluding hydrogens is 314 g/mol. The molecule has 0 heterocycles. The van der Waals surface area contributed by atoms with E-state index in [-0.39, 0.29) is 41.2 Å². The summed E-state index contributed by atoms with van der Waals surface area (Å²) in [6, 6.07) is 0. The Kier molecular flexibility index (Phi) is 77.9. The Morgan fingerprint density at radius 3 is 1.25 bits per heavy atom. The normalized spacial score (nSPS) is 2.00. The minimum absolute atomic E-state index is 0.0556. The van der Waals surface area contributed by atoms with Gasteiger partial charge in [-0.25, -0.2) is 0 Å². The van der Waals surface area contributed by atoms with Gasteiger partial charge in [-0.15, -0.1) is 0 Å². The minimum atomic E-state index is 0.0556. The summed E-state index contributed by atoms with van der Waals surface area (Å²) in [7, 11) is 0. The zero-order valence-corrected chi connectivity index (χ0v) is 8.88. The molecule has 4 heavy (non-hydrogen) atoms. The van der Waals surface area contributed by atoms with Crippen LogP contribution in [0.15, 0.2) is 0 Å². The van der Waals surface area contributed by atoms with E-state index in [1.807, 2.05) is 0 Å². The molecule has 0 rings (SSSR count). The first-order valence-corrected chi connectivity index (χ1v) is 3.29. The summed E-state index contributed by atoms with van der Waals surface area (Å²) in [4.78, 5) is 0. The van der Waals surface area contributed by atoms with Crippen LogP contribution < -0.4 is 0 Å². The zero-order chi connectivity index (χ0) is 4.00. The van der Waals surface area contributed by atoms with Gasteiger partial charge in [0.1, 0.15) is 0 Å². The van der Waals surface area contributed by atoms with E-state index < -0.39 is 0 Å². The van der Waals surface area contributed by atoms with Crippen LogP contribution in [0.2, 0.25) is 0 Å². The summed E-state index contributed by atoms with van der Waals surface area (Å²) in [5.41, 5.74) is 0. The van der Waals surface area contributed by atoms with Gasteiger partial charge in [-0.1, -0.05) is 0 Å². The first kappa shape index (κ1) is 8.90. The summed E-state index contributed by atoms with van der Waals surface area (Å²) >= 11 is 0.181. The summed E-state index contributed by atoms with van der Waals surface area (Å²) in [5.74, 6) is 0. The molecule has 0 aliphatic heterocycles. The molecule has 0 N–H and O–H groups in total. The molecule has 0 aromatic carbocycles. The van der Waals surface area contributed by atoms with Crippen LogP contribution in [-0.4, -0.2) is 41.2 Å². The standard InChI is InChI=1S/Bi.GeH2O.O.H/c;1-2;;/h;1H2;;. The topological polar surface area (TPSA) is 34.1 Å². The van der Waals surface area contributed by atoms with Crippen molar-refractivity contribution in [3.8, 4) is 0 Å². The molecule has 0 aromatic heterocycles. The molecule has 24 valence electrons. The molecule has 0 fully saturated rings. The molecule has 4 heteroatoms. The van der Waals surface area contributed by atoms with Gasteiger partial charge < -0.3 is 0 Å². The zero-order valence-electron chi connectivity index (χ0n) is 2.02. The first-order chi connectivity index (χ1) is 2.00. The van der Waals surface area contributed by atoms with Crippen LogP contribution >= 0.6 is 0 Å². The fraction of sp³-hybridized carbons (Fsp3) is 0. The van der Waals surface area contributed by atoms with Gasteiger partial charge in [0.15, 0.2) is 0 Å². The summed E-state index contributed by atoms with van der Waals surface area (Å²) < 4.78 is 16.8. The van der Waals surface area contributed by atoms with Crippen LogP contribution in [0.5, 0.6) is 0 Å². The molecular formula is H3BiGeO2. The van der Waals surface area contributed by atoms with Crippen LogP contribution in [0.1, 0.15) is 0 Å². The van der Waals surface area contributed by atoms with E-state index in [0.29, 0.717) is 0 Å². The van der Waals surface area contributed by atoms with Crippen LogP contribution in [0.3, 0.4) is 0 Å². The van der Waals surface area contributed by atoms with Crippen molar-refractivity contribution in [2.75, 3.05) is 0 Å². The quantitative estimate of drug-likeness (QED) is 0.494. The monoisotopic (exact) mass is 318 g/mol. The second-order valence-corrected chi connectivity index (χ2v) is 0. The van der Waals surface area contributed by atoms with Crippen molar-refractivity contribution in [3.63, 3.8) is 0 Å². The van der Waals surface area contributed by atoms with Crippen LogP contribution in [0.25, 0.3) is 0 Å². The van der Waals surface area contributed by atoms with Crippen molar-refractivity contribution >= 4 is 41.2 Å². The SMILES string of the molecule is [O]=[BiH].[O]=[GeH2]. The number of hydrogen-bond acceptors (Lipinski definition) is 2. The molecule has 0 bridgehead atoms. The molecule has 0 spiro atoms. The van der Waals surface area contributed by atoms with Gasteiger partial charge in [-0.2, -0.15) is 0 Å². The molecule has 0 saturated carbocycles. The fourth-order valence-electron chi connectivity index (χ4n) is 0. The average molecular weight is 317 g/mol. The van der Waals surface area contributed by atoms with Crippen molar-refractivity contribution in [1.82, 2.24) is 0 Å². The van der Waals surface area contributed by atoms with Crippen molar-refractivity contribution in [3.05, 3.63) is 0 Å². The predicted molar refractivity (Wildman–Crippen MR) is 17.1 cm³/mol. The summed E-state index contributed by atoms with van der Waals surface area (Å²) in [5, 5.41) is 0. The van der Waals surface area contributed by atoms with E-state index in [1.165, 1.54) is 0 Å². The van der Waals surface area contributed by atoms with Crippen LogP contribution in [0.4, 0.5) is 0 Å². The Bertz CT molecular complexity index is 8.00. The third kappa shape index (κ3) is 11.8. The van der Waals surface area contributed by atoms with Gasteiger partial charge in [-0.05, 0) is 0 Å². The maximum absolute atomic E-state index is 8.39. The molecule has 0 saturated heterocycles. The average Bonchev–Trinajstić information content (AvgIpc) is 1.50. The molecule has 0 radical (unpaired) electrons. The van der Waals surface area contributed by atoms with Crippen molar-refractivity contribution < 1.29 is 6.59 Å². The Morgan fingerprint density at radius 1 is 1.25 bits per heavy atom. The van der Waals surface area contributed by atoms with E-state index in [4.69, 9.17) is 6.59 Å². The van der Waals surface area contributed by atoms with Crippen LogP contribution in [-0.2, 0) is 6.59 Å². The van der Waals surface area contributed by atoms with Gasteiger partial charge in [0.2, 0.25) is 0 Å². The second kappa shape index (κ2) is 35.0. The van der Waals surface area contributed by atoms with E-state index >= 15 is 0 Å². The molecule has 0 unspecified atom stereocenters. The number of rotatable bonds is 0. The predicted octanol–water partition coefficient (Wildman–Crippen LogP) is -1.80. The first-order valence-electron chi connectivity index (χ1n) is 0.493. The molecule has 0 atom stereocenters. The Morgan fingerprint density at radius 2 is 1.25 bits per heavy atom. The maximum atomic E-state index is 8.39. The summed E-state index contributed by atoms with van der Waals surface area (Å²) in [6.07, 6.45) is 0. The van der Waals surface area contributed by atoms with Crippen molar-refractivity contribution in [1.29, 1.82) is 0 Å². The van der Waals surface area contributed by atoms with E-state index in [0.717, 1.165) is 0 Å². The summed E-state index contributed by atoms with van der Waals surface area (Å²) in [6.45, 7) is 0. The van der Waals surface area contributed by atoms with E-state index in [9.17, 15) is 0 Å². The van der Waals surface area contributed by atoms with Crippen molar-refractivity contribution in [2.45, 2.75) is 0 Å². The molecule has 0 amide bonds. The van der Waals surface area contributed by atoms with Gasteiger partial charge in [-0.3, -0.25) is 0 Å². The fourth-order valence-corrected chi connectivity index (χ4v) is 0. The third-order valence-corrected chi connectivity index (χ3v) is 0. The van der Waals surface area contributed by atoms with Gasteiger partial charge >= 0.3 is 47.8 Å².